The topological polar surface area (TPSA) is 0 Å². The molecule has 18 heavy (non-hydrogen) atoms. The van der Waals surface area contributed by atoms with Crippen LogP contribution in [0.1, 0.15) is 21.5 Å². The lowest BCUT2D eigenvalue weighted by Crippen LogP contribution is -1.94. The van der Waals surface area contributed by atoms with E-state index >= 15 is 0 Å². The minimum absolute atomic E-state index is 0.000309. The second-order valence-corrected chi connectivity index (χ2v) is 6.29. The lowest BCUT2D eigenvalue weighted by atomic mass is 10.0. The van der Waals surface area contributed by atoms with Crippen molar-refractivity contribution in [3.8, 4) is 0 Å². The van der Waals surface area contributed by atoms with Crippen molar-refractivity contribution in [3.63, 3.8) is 0 Å². The summed E-state index contributed by atoms with van der Waals surface area (Å²) in [7, 11) is 0. The molecule has 0 aromatic heterocycles. The molecule has 0 radical (unpaired) electrons. The second kappa shape index (κ2) is 5.83. The zero-order valence-corrected chi connectivity index (χ0v) is 13.4. The van der Waals surface area contributed by atoms with Crippen molar-refractivity contribution in [2.75, 3.05) is 0 Å². The fourth-order valence-corrected chi connectivity index (χ4v) is 3.41. The van der Waals surface area contributed by atoms with Crippen molar-refractivity contribution < 1.29 is 0 Å². The number of alkyl halides is 1. The third kappa shape index (κ3) is 3.21. The summed E-state index contributed by atoms with van der Waals surface area (Å²) < 4.78 is 0. The predicted molar refractivity (Wildman–Crippen MR) is 83.4 cm³/mol. The van der Waals surface area contributed by atoms with Crippen LogP contribution in [0, 0.1) is 6.92 Å². The summed E-state index contributed by atoms with van der Waals surface area (Å²) >= 11 is 21.8. The molecule has 94 valence electrons. The smallest absolute Gasteiger partial charge is 0.0659 e. The first-order valence-electron chi connectivity index (χ1n) is 5.33. The Labute approximate surface area is 130 Å². The standard InChI is InChI=1S/C14H10BrCl3/c1-8-4-9(6-11(17)5-8)14(15)12-3-2-10(16)7-13(12)18/h2-7,14H,1H3. The minimum atomic E-state index is -0.000309. The average Bonchev–Trinajstić information content (AvgIpc) is 2.26. The van der Waals surface area contributed by atoms with E-state index in [9.17, 15) is 0 Å². The van der Waals surface area contributed by atoms with E-state index in [0.717, 1.165) is 21.7 Å². The summed E-state index contributed by atoms with van der Waals surface area (Å²) in [5.41, 5.74) is 3.17. The zero-order valence-electron chi connectivity index (χ0n) is 9.55. The fraction of sp³-hybridized carbons (Fsp3) is 0.143. The summed E-state index contributed by atoms with van der Waals surface area (Å²) in [6.45, 7) is 2.01. The molecule has 0 aliphatic rings. The summed E-state index contributed by atoms with van der Waals surface area (Å²) in [6.07, 6.45) is 0. The van der Waals surface area contributed by atoms with Gasteiger partial charge in [-0.1, -0.05) is 62.9 Å². The molecule has 0 heterocycles. The molecule has 0 aliphatic heterocycles. The number of halogens is 4. The molecule has 1 atom stereocenters. The van der Waals surface area contributed by atoms with E-state index in [-0.39, 0.29) is 4.83 Å². The predicted octanol–water partition coefficient (Wildman–Crippen LogP) is 6.44. The monoisotopic (exact) mass is 362 g/mol. The van der Waals surface area contributed by atoms with Crippen LogP contribution < -0.4 is 0 Å². The van der Waals surface area contributed by atoms with Gasteiger partial charge in [0.25, 0.3) is 0 Å². The SMILES string of the molecule is Cc1cc(Cl)cc(C(Br)c2ccc(Cl)cc2Cl)c1. The van der Waals surface area contributed by atoms with Gasteiger partial charge >= 0.3 is 0 Å². The number of benzene rings is 2. The van der Waals surface area contributed by atoms with E-state index in [1.807, 2.05) is 31.2 Å². The van der Waals surface area contributed by atoms with Crippen LogP contribution in [0.2, 0.25) is 15.1 Å². The summed E-state index contributed by atoms with van der Waals surface area (Å²) in [5, 5.41) is 1.99. The van der Waals surface area contributed by atoms with Crippen LogP contribution in [0.5, 0.6) is 0 Å². The van der Waals surface area contributed by atoms with Gasteiger partial charge in [-0.05, 0) is 47.9 Å². The van der Waals surface area contributed by atoms with Gasteiger partial charge in [0.1, 0.15) is 0 Å². The molecule has 0 bridgehead atoms. The Hall–Kier alpha value is -0.210. The van der Waals surface area contributed by atoms with Crippen LogP contribution in [0.4, 0.5) is 0 Å². The van der Waals surface area contributed by atoms with Crippen molar-refractivity contribution in [3.05, 3.63) is 68.2 Å². The van der Waals surface area contributed by atoms with E-state index < -0.39 is 0 Å². The van der Waals surface area contributed by atoms with Gasteiger partial charge in [0.15, 0.2) is 0 Å². The maximum absolute atomic E-state index is 6.21. The lowest BCUT2D eigenvalue weighted by molar-refractivity contribution is 1.17. The number of aryl methyl sites for hydroxylation is 1. The third-order valence-electron chi connectivity index (χ3n) is 2.59. The van der Waals surface area contributed by atoms with Crippen LogP contribution in [-0.4, -0.2) is 0 Å². The van der Waals surface area contributed by atoms with Gasteiger partial charge in [0.2, 0.25) is 0 Å². The number of hydrogen-bond acceptors (Lipinski definition) is 0. The van der Waals surface area contributed by atoms with Crippen LogP contribution in [0.25, 0.3) is 0 Å². The molecule has 0 fully saturated rings. The van der Waals surface area contributed by atoms with Gasteiger partial charge in [-0.15, -0.1) is 0 Å². The van der Waals surface area contributed by atoms with Crippen LogP contribution in [-0.2, 0) is 0 Å². The fourth-order valence-electron chi connectivity index (χ4n) is 1.80. The molecule has 0 amide bonds. The van der Waals surface area contributed by atoms with Gasteiger partial charge in [-0.25, -0.2) is 0 Å². The molecule has 0 N–H and O–H groups in total. The molecule has 0 nitrogen and oxygen atoms in total. The van der Waals surface area contributed by atoms with E-state index in [1.54, 1.807) is 6.07 Å². The maximum atomic E-state index is 6.21. The summed E-state index contributed by atoms with van der Waals surface area (Å²) in [6, 6.07) is 11.4. The van der Waals surface area contributed by atoms with Crippen LogP contribution in [0.3, 0.4) is 0 Å². The van der Waals surface area contributed by atoms with Gasteiger partial charge < -0.3 is 0 Å². The minimum Gasteiger partial charge on any atom is -0.0843 e. The van der Waals surface area contributed by atoms with Crippen molar-refractivity contribution >= 4 is 50.7 Å². The molecule has 4 heteroatoms. The van der Waals surface area contributed by atoms with Gasteiger partial charge in [0.05, 0.1) is 4.83 Å². The Balaban J connectivity index is 2.44. The normalized spacial score (nSPS) is 12.5. The van der Waals surface area contributed by atoms with Crippen molar-refractivity contribution in [1.82, 2.24) is 0 Å². The highest BCUT2D eigenvalue weighted by Crippen LogP contribution is 2.37. The van der Waals surface area contributed by atoms with Gasteiger partial charge in [-0.3, -0.25) is 0 Å². The zero-order chi connectivity index (χ0) is 13.3. The Bertz CT molecular complexity index is 561. The van der Waals surface area contributed by atoms with Gasteiger partial charge in [0, 0.05) is 15.1 Å². The molecule has 0 saturated carbocycles. The maximum Gasteiger partial charge on any atom is 0.0659 e. The number of hydrogen-bond donors (Lipinski definition) is 0. The first kappa shape index (κ1) is 14.2. The quantitative estimate of drug-likeness (QED) is 0.538. The highest BCUT2D eigenvalue weighted by molar-refractivity contribution is 9.09. The summed E-state index contributed by atoms with van der Waals surface area (Å²) in [5.74, 6) is 0. The van der Waals surface area contributed by atoms with E-state index in [2.05, 4.69) is 22.0 Å². The first-order chi connectivity index (χ1) is 8.47. The highest BCUT2D eigenvalue weighted by Gasteiger charge is 2.14. The molecular weight excluding hydrogens is 354 g/mol. The first-order valence-corrected chi connectivity index (χ1v) is 7.38. The van der Waals surface area contributed by atoms with E-state index in [0.29, 0.717) is 10.0 Å². The molecule has 2 aromatic carbocycles. The molecule has 2 rings (SSSR count). The van der Waals surface area contributed by atoms with Crippen LogP contribution in [0.15, 0.2) is 36.4 Å². The average molecular weight is 364 g/mol. The van der Waals surface area contributed by atoms with E-state index in [4.69, 9.17) is 34.8 Å². The Kier molecular flexibility index (Phi) is 4.60. The Morgan fingerprint density at radius 2 is 1.67 bits per heavy atom. The van der Waals surface area contributed by atoms with Crippen molar-refractivity contribution in [2.24, 2.45) is 0 Å². The molecule has 1 unspecified atom stereocenters. The molecule has 0 spiro atoms. The number of rotatable bonds is 2. The highest BCUT2D eigenvalue weighted by atomic mass is 79.9. The Morgan fingerprint density at radius 3 is 2.28 bits per heavy atom. The van der Waals surface area contributed by atoms with Crippen molar-refractivity contribution in [1.29, 1.82) is 0 Å². The molecular formula is C14H10BrCl3. The van der Waals surface area contributed by atoms with Crippen molar-refractivity contribution in [2.45, 2.75) is 11.8 Å². The lowest BCUT2D eigenvalue weighted by Gasteiger charge is -2.14. The van der Waals surface area contributed by atoms with E-state index in [1.165, 1.54) is 0 Å². The molecule has 0 saturated heterocycles. The van der Waals surface area contributed by atoms with Gasteiger partial charge in [-0.2, -0.15) is 0 Å². The second-order valence-electron chi connectivity index (χ2n) is 4.09. The third-order valence-corrected chi connectivity index (χ3v) is 4.40. The summed E-state index contributed by atoms with van der Waals surface area (Å²) in [4.78, 5) is -0.000309. The van der Waals surface area contributed by atoms with Crippen LogP contribution >= 0.6 is 50.7 Å². The molecule has 0 aliphatic carbocycles. The largest absolute Gasteiger partial charge is 0.0843 e. The Morgan fingerprint density at radius 1 is 0.944 bits per heavy atom. The molecule has 2 aromatic rings.